The summed E-state index contributed by atoms with van der Waals surface area (Å²) < 4.78 is 13.9. The van der Waals surface area contributed by atoms with Crippen LogP contribution in [0.2, 0.25) is 0 Å². The fraction of sp³-hybridized carbons (Fsp3) is 0.400. The quantitative estimate of drug-likeness (QED) is 0.871. The molecule has 0 heterocycles. The summed E-state index contributed by atoms with van der Waals surface area (Å²) >= 11 is 3.15. The Balaban J connectivity index is 2.71. The second-order valence-electron chi connectivity index (χ2n) is 3.23. The van der Waals surface area contributed by atoms with Crippen LogP contribution in [-0.4, -0.2) is 6.04 Å². The van der Waals surface area contributed by atoms with Crippen LogP contribution in [0, 0.1) is 5.82 Å². The van der Waals surface area contributed by atoms with Crippen LogP contribution in [0.1, 0.15) is 18.9 Å². The molecule has 0 aliphatic carbocycles. The van der Waals surface area contributed by atoms with Gasteiger partial charge in [0.05, 0.1) is 4.47 Å². The molecule has 0 radical (unpaired) electrons. The summed E-state index contributed by atoms with van der Waals surface area (Å²) in [6, 6.07) is 5.45. The molecule has 2 N–H and O–H groups in total. The number of nitrogens with two attached hydrogens (primary N) is 1. The highest BCUT2D eigenvalue weighted by molar-refractivity contribution is 9.10. The number of halogens is 2. The highest BCUT2D eigenvalue weighted by atomic mass is 79.9. The molecule has 1 rings (SSSR count). The Kier molecular flexibility index (Phi) is 3.88. The van der Waals surface area contributed by atoms with Crippen molar-refractivity contribution < 1.29 is 4.39 Å². The van der Waals surface area contributed by atoms with Crippen molar-refractivity contribution in [2.45, 2.75) is 25.8 Å². The molecule has 0 aromatic heterocycles. The average molecular weight is 246 g/mol. The number of hydrogen-bond donors (Lipinski definition) is 1. The van der Waals surface area contributed by atoms with Crippen molar-refractivity contribution in [1.82, 2.24) is 0 Å². The Morgan fingerprint density at radius 1 is 1.54 bits per heavy atom. The van der Waals surface area contributed by atoms with Crippen molar-refractivity contribution in [2.75, 3.05) is 0 Å². The van der Waals surface area contributed by atoms with E-state index in [0.29, 0.717) is 10.9 Å². The number of hydrogen-bond acceptors (Lipinski definition) is 1. The molecule has 0 unspecified atom stereocenters. The van der Waals surface area contributed by atoms with Crippen LogP contribution in [0.5, 0.6) is 0 Å². The Hall–Kier alpha value is -0.410. The molecule has 0 aliphatic rings. The lowest BCUT2D eigenvalue weighted by Gasteiger charge is -2.06. The largest absolute Gasteiger partial charge is 0.328 e. The second kappa shape index (κ2) is 4.72. The van der Waals surface area contributed by atoms with Crippen LogP contribution in [-0.2, 0) is 6.42 Å². The molecule has 0 fully saturated rings. The summed E-state index contributed by atoms with van der Waals surface area (Å²) in [5.41, 5.74) is 6.32. The zero-order chi connectivity index (χ0) is 9.84. The fourth-order valence-electron chi connectivity index (χ4n) is 1.12. The van der Waals surface area contributed by atoms with E-state index in [1.807, 2.05) is 13.0 Å². The number of aryl methyl sites for hydroxylation is 1. The molecule has 0 saturated carbocycles. The molecule has 1 aromatic rings. The first-order valence-electron chi connectivity index (χ1n) is 4.29. The molecule has 1 atom stereocenters. The average Bonchev–Trinajstić information content (AvgIpc) is 2.07. The lowest BCUT2D eigenvalue weighted by molar-refractivity contribution is 0.585. The first-order valence-corrected chi connectivity index (χ1v) is 5.09. The van der Waals surface area contributed by atoms with Crippen molar-refractivity contribution in [3.8, 4) is 0 Å². The van der Waals surface area contributed by atoms with Gasteiger partial charge in [-0.05, 0) is 47.3 Å². The van der Waals surface area contributed by atoms with E-state index in [-0.39, 0.29) is 11.9 Å². The van der Waals surface area contributed by atoms with E-state index in [1.54, 1.807) is 12.1 Å². The van der Waals surface area contributed by atoms with Gasteiger partial charge in [0.1, 0.15) is 5.82 Å². The van der Waals surface area contributed by atoms with E-state index in [4.69, 9.17) is 5.73 Å². The third-order valence-corrected chi connectivity index (χ3v) is 2.51. The van der Waals surface area contributed by atoms with Crippen LogP contribution in [0.25, 0.3) is 0 Å². The molecule has 72 valence electrons. The molecule has 0 spiro atoms. The molecule has 0 saturated heterocycles. The van der Waals surface area contributed by atoms with Gasteiger partial charge in [-0.3, -0.25) is 0 Å². The Morgan fingerprint density at radius 3 is 2.85 bits per heavy atom. The van der Waals surface area contributed by atoms with Gasteiger partial charge in [-0.1, -0.05) is 12.1 Å². The zero-order valence-electron chi connectivity index (χ0n) is 7.56. The summed E-state index contributed by atoms with van der Waals surface area (Å²) in [6.07, 6.45) is 1.51. The predicted octanol–water partition coefficient (Wildman–Crippen LogP) is 2.87. The van der Waals surface area contributed by atoms with Crippen molar-refractivity contribution in [2.24, 2.45) is 5.73 Å². The number of rotatable bonds is 3. The first-order chi connectivity index (χ1) is 6.11. The van der Waals surface area contributed by atoms with E-state index in [2.05, 4.69) is 15.9 Å². The summed E-state index contributed by atoms with van der Waals surface area (Å²) in [7, 11) is 0. The topological polar surface area (TPSA) is 26.0 Å². The van der Waals surface area contributed by atoms with Gasteiger partial charge >= 0.3 is 0 Å². The predicted molar refractivity (Wildman–Crippen MR) is 56.1 cm³/mol. The van der Waals surface area contributed by atoms with Gasteiger partial charge in [0.15, 0.2) is 0 Å². The standard InChI is InChI=1S/C10H13BrFN/c1-7(13)5-6-8-3-2-4-9(11)10(8)12/h2-4,7H,5-6,13H2,1H3/t7-/m1/s1. The van der Waals surface area contributed by atoms with Crippen molar-refractivity contribution in [3.63, 3.8) is 0 Å². The second-order valence-corrected chi connectivity index (χ2v) is 4.08. The molecule has 0 aliphatic heterocycles. The van der Waals surface area contributed by atoms with Gasteiger partial charge in [-0.2, -0.15) is 0 Å². The van der Waals surface area contributed by atoms with Crippen molar-refractivity contribution in [1.29, 1.82) is 0 Å². The van der Waals surface area contributed by atoms with E-state index in [9.17, 15) is 4.39 Å². The number of benzene rings is 1. The molecule has 1 nitrogen and oxygen atoms in total. The minimum Gasteiger partial charge on any atom is -0.328 e. The zero-order valence-corrected chi connectivity index (χ0v) is 9.14. The summed E-state index contributed by atoms with van der Waals surface area (Å²) in [5, 5.41) is 0. The van der Waals surface area contributed by atoms with Gasteiger partial charge in [-0.25, -0.2) is 4.39 Å². The summed E-state index contributed by atoms with van der Waals surface area (Å²) in [4.78, 5) is 0. The molecule has 3 heteroatoms. The molecular formula is C10H13BrFN. The van der Waals surface area contributed by atoms with E-state index >= 15 is 0 Å². The minimum absolute atomic E-state index is 0.124. The molecule has 0 amide bonds. The van der Waals surface area contributed by atoms with Gasteiger partial charge in [0.25, 0.3) is 0 Å². The molecular weight excluding hydrogens is 233 g/mol. The van der Waals surface area contributed by atoms with Gasteiger partial charge in [0.2, 0.25) is 0 Å². The lowest BCUT2D eigenvalue weighted by Crippen LogP contribution is -2.15. The maximum Gasteiger partial charge on any atom is 0.140 e. The smallest absolute Gasteiger partial charge is 0.140 e. The van der Waals surface area contributed by atoms with Crippen LogP contribution in [0.3, 0.4) is 0 Å². The summed E-state index contributed by atoms with van der Waals surface area (Å²) in [5.74, 6) is -0.164. The summed E-state index contributed by atoms with van der Waals surface area (Å²) in [6.45, 7) is 1.93. The van der Waals surface area contributed by atoms with Crippen LogP contribution >= 0.6 is 15.9 Å². The minimum atomic E-state index is -0.164. The molecule has 13 heavy (non-hydrogen) atoms. The van der Waals surface area contributed by atoms with Crippen LogP contribution in [0.4, 0.5) is 4.39 Å². The fourth-order valence-corrected chi connectivity index (χ4v) is 1.53. The third kappa shape index (κ3) is 3.08. The highest BCUT2D eigenvalue weighted by Crippen LogP contribution is 2.19. The van der Waals surface area contributed by atoms with E-state index in [0.717, 1.165) is 12.0 Å². The van der Waals surface area contributed by atoms with E-state index in [1.165, 1.54) is 0 Å². The van der Waals surface area contributed by atoms with Crippen LogP contribution < -0.4 is 5.73 Å². The lowest BCUT2D eigenvalue weighted by atomic mass is 10.1. The van der Waals surface area contributed by atoms with Crippen LogP contribution in [0.15, 0.2) is 22.7 Å². The Labute approximate surface area is 86.3 Å². The first kappa shape index (κ1) is 10.7. The van der Waals surface area contributed by atoms with Crippen molar-refractivity contribution in [3.05, 3.63) is 34.1 Å². The SMILES string of the molecule is C[C@@H](N)CCc1cccc(Br)c1F. The van der Waals surface area contributed by atoms with Crippen molar-refractivity contribution >= 4 is 15.9 Å². The van der Waals surface area contributed by atoms with Gasteiger partial charge in [-0.15, -0.1) is 0 Å². The monoisotopic (exact) mass is 245 g/mol. The highest BCUT2D eigenvalue weighted by Gasteiger charge is 2.05. The van der Waals surface area contributed by atoms with Gasteiger partial charge < -0.3 is 5.73 Å². The van der Waals surface area contributed by atoms with Gasteiger partial charge in [0, 0.05) is 6.04 Å². The Bertz CT molecular complexity index is 286. The normalized spacial score (nSPS) is 12.9. The maximum absolute atomic E-state index is 13.4. The molecule has 0 bridgehead atoms. The molecule has 1 aromatic carbocycles. The van der Waals surface area contributed by atoms with E-state index < -0.39 is 0 Å². The maximum atomic E-state index is 13.4. The third-order valence-electron chi connectivity index (χ3n) is 1.90. The Morgan fingerprint density at radius 2 is 2.23 bits per heavy atom.